The van der Waals surface area contributed by atoms with Gasteiger partial charge in [0.05, 0.1) is 13.2 Å². The van der Waals surface area contributed by atoms with E-state index in [1.54, 1.807) is 57.0 Å². The normalized spacial score (nSPS) is 25.8. The molecule has 0 unspecified atom stereocenters. The largest absolute Gasteiger partial charge is 0.497 e. The van der Waals surface area contributed by atoms with Crippen molar-refractivity contribution >= 4 is 29.8 Å². The first kappa shape index (κ1) is 38.3. The molecule has 0 bridgehead atoms. The van der Waals surface area contributed by atoms with Crippen LogP contribution in [-0.4, -0.2) is 110 Å². The first-order valence-electron chi connectivity index (χ1n) is 18.1. The summed E-state index contributed by atoms with van der Waals surface area (Å²) in [5.41, 5.74) is -1.20. The Bertz CT molecular complexity index is 1680. The molecule has 4 amide bonds. The van der Waals surface area contributed by atoms with Gasteiger partial charge in [0, 0.05) is 37.5 Å². The Kier molecular flexibility index (Phi) is 11.6. The average Bonchev–Trinajstić information content (AvgIpc) is 3.40. The number of fused-ring (bicyclic) bond motifs is 2. The van der Waals surface area contributed by atoms with Gasteiger partial charge in [-0.3, -0.25) is 14.4 Å². The van der Waals surface area contributed by atoms with Gasteiger partial charge in [0.25, 0.3) is 5.91 Å². The van der Waals surface area contributed by atoms with E-state index < -0.39 is 53.1 Å². The second-order valence-corrected chi connectivity index (χ2v) is 14.7. The number of methoxy groups -OCH3 is 1. The third kappa shape index (κ3) is 8.39. The Balaban J connectivity index is 1.53. The number of amides is 4. The molecule has 5 rings (SSSR count). The highest BCUT2D eigenvalue weighted by atomic mass is 16.6. The van der Waals surface area contributed by atoms with E-state index in [1.807, 2.05) is 26.0 Å². The zero-order valence-electron chi connectivity index (χ0n) is 30.9. The molecule has 2 aliphatic heterocycles. The molecule has 3 heterocycles. The maximum Gasteiger partial charge on any atom is 0.408 e. The molecule has 1 aromatic heterocycles. The molecule has 1 saturated carbocycles. The minimum atomic E-state index is -1.48. The quantitative estimate of drug-likeness (QED) is 0.337. The monoisotopic (exact) mass is 721 g/mol. The van der Waals surface area contributed by atoms with E-state index in [-0.39, 0.29) is 36.9 Å². The third-order valence-corrected chi connectivity index (χ3v) is 9.90. The molecule has 0 spiro atoms. The summed E-state index contributed by atoms with van der Waals surface area (Å²) in [6.07, 6.45) is 6.57. The fourth-order valence-electron chi connectivity index (χ4n) is 6.93. The molecule has 15 nitrogen and oxygen atoms in total. The lowest BCUT2D eigenvalue weighted by molar-refractivity contribution is -0.145. The standard InChI is InChI=1S/C37H51N7O8/c1-7-42(8-2)33(47)30-29(23-16-18-26(51-6)19-17-23)40-44(41-30)25-20-28-31(45)39-37(34(48)49)21-24(37)14-12-10-9-11-13-15-27(32(46)43(28)22-25)38-35(50)52-36(3,4)5/h12,14,16-19,24-25,27-28H,7-11,13,15,20-22H2,1-6H3,(H,38,50)(H,39,45)(H,48,49)/b14-12-/t24-,25+,27+,28+,37+/m1/s1. The van der Waals surface area contributed by atoms with Gasteiger partial charge in [0.15, 0.2) is 5.69 Å². The van der Waals surface area contributed by atoms with E-state index in [2.05, 4.69) is 15.7 Å². The minimum Gasteiger partial charge on any atom is -0.497 e. The summed E-state index contributed by atoms with van der Waals surface area (Å²) < 4.78 is 10.8. The summed E-state index contributed by atoms with van der Waals surface area (Å²) >= 11 is 0. The van der Waals surface area contributed by atoms with Gasteiger partial charge in [-0.25, -0.2) is 9.59 Å². The number of hydrogen-bond acceptors (Lipinski definition) is 9. The van der Waals surface area contributed by atoms with Gasteiger partial charge in [-0.15, -0.1) is 5.10 Å². The predicted octanol–water partition coefficient (Wildman–Crippen LogP) is 3.95. The molecule has 2 fully saturated rings. The van der Waals surface area contributed by atoms with Crippen molar-refractivity contribution in [3.05, 3.63) is 42.1 Å². The Morgan fingerprint density at radius 2 is 1.79 bits per heavy atom. The van der Waals surface area contributed by atoms with Crippen LogP contribution in [0, 0.1) is 5.92 Å². The van der Waals surface area contributed by atoms with Gasteiger partial charge in [0.1, 0.15) is 34.7 Å². The van der Waals surface area contributed by atoms with Crippen molar-refractivity contribution in [2.75, 3.05) is 26.7 Å². The lowest BCUT2D eigenvalue weighted by Crippen LogP contribution is -2.56. The van der Waals surface area contributed by atoms with E-state index in [4.69, 9.17) is 14.6 Å². The number of nitrogens with zero attached hydrogens (tertiary/aromatic N) is 5. The number of rotatable bonds is 8. The molecule has 15 heteroatoms. The van der Waals surface area contributed by atoms with Crippen molar-refractivity contribution in [2.45, 2.75) is 109 Å². The number of alkyl carbamates (subject to hydrolysis) is 1. The van der Waals surface area contributed by atoms with Crippen LogP contribution in [0.1, 0.15) is 96.1 Å². The number of benzene rings is 1. The molecule has 282 valence electrons. The summed E-state index contributed by atoms with van der Waals surface area (Å²) in [6.45, 7) is 9.80. The zero-order chi connectivity index (χ0) is 37.8. The number of carboxylic acid groups (broad SMARTS) is 1. The van der Waals surface area contributed by atoms with E-state index in [0.717, 1.165) is 19.3 Å². The Morgan fingerprint density at radius 1 is 1.08 bits per heavy atom. The van der Waals surface area contributed by atoms with E-state index in [9.17, 15) is 29.1 Å². The third-order valence-electron chi connectivity index (χ3n) is 9.90. The van der Waals surface area contributed by atoms with Crippen LogP contribution in [0.25, 0.3) is 11.3 Å². The molecular weight excluding hydrogens is 670 g/mol. The van der Waals surface area contributed by atoms with Crippen LogP contribution in [0.3, 0.4) is 0 Å². The summed E-state index contributed by atoms with van der Waals surface area (Å²) in [6, 6.07) is 4.29. The number of carbonyl (C=O) groups excluding carboxylic acids is 4. The van der Waals surface area contributed by atoms with Crippen molar-refractivity contribution in [3.63, 3.8) is 0 Å². The fourth-order valence-corrected chi connectivity index (χ4v) is 6.93. The summed E-state index contributed by atoms with van der Waals surface area (Å²) in [5, 5.41) is 25.2. The second kappa shape index (κ2) is 15.7. The van der Waals surface area contributed by atoms with Gasteiger partial charge in [-0.1, -0.05) is 25.0 Å². The van der Waals surface area contributed by atoms with E-state index >= 15 is 0 Å². The Labute approximate surface area is 304 Å². The Morgan fingerprint density at radius 3 is 2.42 bits per heavy atom. The molecule has 0 radical (unpaired) electrons. The summed E-state index contributed by atoms with van der Waals surface area (Å²) in [7, 11) is 1.56. The number of carboxylic acids is 1. The number of hydrogen-bond donors (Lipinski definition) is 3. The van der Waals surface area contributed by atoms with Crippen molar-refractivity contribution < 1.29 is 38.6 Å². The molecule has 52 heavy (non-hydrogen) atoms. The topological polar surface area (TPSA) is 185 Å². The number of nitrogens with one attached hydrogen (secondary N) is 2. The predicted molar refractivity (Wildman–Crippen MR) is 190 cm³/mol. The first-order chi connectivity index (χ1) is 24.7. The average molecular weight is 722 g/mol. The maximum absolute atomic E-state index is 14.4. The summed E-state index contributed by atoms with van der Waals surface area (Å²) in [5.74, 6) is -2.34. The smallest absolute Gasteiger partial charge is 0.408 e. The van der Waals surface area contributed by atoms with Crippen molar-refractivity contribution in [3.8, 4) is 17.0 Å². The molecule has 3 N–H and O–H groups in total. The highest BCUT2D eigenvalue weighted by Crippen LogP contribution is 2.45. The molecule has 1 aromatic carbocycles. The molecule has 1 aliphatic carbocycles. The van der Waals surface area contributed by atoms with E-state index in [0.29, 0.717) is 42.9 Å². The molecule has 1 saturated heterocycles. The number of ether oxygens (including phenoxy) is 2. The zero-order valence-corrected chi connectivity index (χ0v) is 30.9. The van der Waals surface area contributed by atoms with Gasteiger partial charge < -0.3 is 35.0 Å². The number of carbonyl (C=O) groups is 5. The van der Waals surface area contributed by atoms with Crippen LogP contribution in [-0.2, 0) is 19.1 Å². The summed E-state index contributed by atoms with van der Waals surface area (Å²) in [4.78, 5) is 72.2. The van der Waals surface area contributed by atoms with Gasteiger partial charge in [-0.05, 0) is 84.6 Å². The SMILES string of the molecule is CCN(CC)C(=O)c1nn([C@H]2C[C@H]3C(=O)N[C@@]4(C(=O)O)C[C@H]4/C=C\CCCCC[C@H](NC(=O)OC(C)(C)C)C(=O)N3C2)nc1-c1ccc(OC)cc1. The Hall–Kier alpha value is -4.95. The molecule has 5 atom stereocenters. The van der Waals surface area contributed by atoms with Crippen LogP contribution in [0.5, 0.6) is 5.75 Å². The van der Waals surface area contributed by atoms with Crippen LogP contribution in [0.2, 0.25) is 0 Å². The highest BCUT2D eigenvalue weighted by Gasteiger charge is 2.61. The van der Waals surface area contributed by atoms with Crippen molar-refractivity contribution in [2.24, 2.45) is 5.92 Å². The molecule has 3 aliphatic rings. The molecule has 2 aromatic rings. The van der Waals surface area contributed by atoms with Gasteiger partial charge in [0.2, 0.25) is 11.8 Å². The van der Waals surface area contributed by atoms with Gasteiger partial charge >= 0.3 is 12.1 Å². The van der Waals surface area contributed by atoms with Gasteiger partial charge in [-0.2, -0.15) is 9.90 Å². The van der Waals surface area contributed by atoms with E-state index in [1.165, 1.54) is 9.70 Å². The number of allylic oxidation sites excluding steroid dienone is 1. The van der Waals surface area contributed by atoms with Crippen molar-refractivity contribution in [1.82, 2.24) is 35.4 Å². The first-order valence-corrected chi connectivity index (χ1v) is 18.1. The lowest BCUT2D eigenvalue weighted by Gasteiger charge is -2.30. The number of aromatic nitrogens is 3. The van der Waals surface area contributed by atoms with Crippen LogP contribution in [0.15, 0.2) is 36.4 Å². The fraction of sp³-hybridized carbons (Fsp3) is 0.595. The maximum atomic E-state index is 14.4. The highest BCUT2D eigenvalue weighted by molar-refractivity contribution is 5.98. The molecular formula is C37H51N7O8. The van der Waals surface area contributed by atoms with Crippen LogP contribution < -0.4 is 15.4 Å². The van der Waals surface area contributed by atoms with Crippen LogP contribution >= 0.6 is 0 Å². The van der Waals surface area contributed by atoms with Crippen molar-refractivity contribution in [1.29, 1.82) is 0 Å². The van der Waals surface area contributed by atoms with Crippen LogP contribution in [0.4, 0.5) is 4.79 Å². The second-order valence-electron chi connectivity index (χ2n) is 14.7. The number of aliphatic carboxylic acids is 1. The minimum absolute atomic E-state index is 0.0253. The lowest BCUT2D eigenvalue weighted by atomic mass is 10.0.